The molecule has 2 aliphatic rings. The van der Waals surface area contributed by atoms with Crippen LogP contribution in [0.25, 0.3) is 0 Å². The van der Waals surface area contributed by atoms with Gasteiger partial charge in [0.05, 0.1) is 0 Å². The third-order valence-corrected chi connectivity index (χ3v) is 4.30. The van der Waals surface area contributed by atoms with Gasteiger partial charge in [0.25, 0.3) is 0 Å². The molecule has 0 aromatic rings. The standard InChI is InChI=1S/C13H23N/c1-9-8-10-6-7-11(13(2,3)4)12(10)14(9)5/h10-12H,1,6-8H2,2-5H3. The molecule has 2 fully saturated rings. The molecule has 1 nitrogen and oxygen atoms in total. The molecular formula is C13H23N. The Morgan fingerprint density at radius 1 is 1.29 bits per heavy atom. The van der Waals surface area contributed by atoms with Gasteiger partial charge >= 0.3 is 0 Å². The van der Waals surface area contributed by atoms with E-state index in [0.29, 0.717) is 5.41 Å². The normalized spacial score (nSPS) is 37.9. The molecule has 0 aromatic carbocycles. The first-order chi connectivity index (χ1) is 6.41. The van der Waals surface area contributed by atoms with Gasteiger partial charge in [0.15, 0.2) is 0 Å². The van der Waals surface area contributed by atoms with Gasteiger partial charge in [-0.25, -0.2) is 0 Å². The van der Waals surface area contributed by atoms with Crippen molar-refractivity contribution in [3.8, 4) is 0 Å². The fraction of sp³-hybridized carbons (Fsp3) is 0.846. The molecule has 1 heterocycles. The molecule has 1 aliphatic heterocycles. The maximum absolute atomic E-state index is 4.16. The monoisotopic (exact) mass is 193 g/mol. The summed E-state index contributed by atoms with van der Waals surface area (Å²) in [6.45, 7) is 11.3. The van der Waals surface area contributed by atoms with Gasteiger partial charge in [0.2, 0.25) is 0 Å². The van der Waals surface area contributed by atoms with Crippen LogP contribution in [0.5, 0.6) is 0 Å². The van der Waals surface area contributed by atoms with Gasteiger partial charge < -0.3 is 4.90 Å². The van der Waals surface area contributed by atoms with Crippen molar-refractivity contribution in [3.63, 3.8) is 0 Å². The lowest BCUT2D eigenvalue weighted by molar-refractivity contribution is 0.147. The number of fused-ring (bicyclic) bond motifs is 1. The molecule has 14 heavy (non-hydrogen) atoms. The highest BCUT2D eigenvalue weighted by Gasteiger charge is 2.47. The fourth-order valence-electron chi connectivity index (χ4n) is 3.48. The van der Waals surface area contributed by atoms with Crippen LogP contribution in [0.1, 0.15) is 40.0 Å². The van der Waals surface area contributed by atoms with E-state index in [1.54, 1.807) is 0 Å². The van der Waals surface area contributed by atoms with E-state index in [4.69, 9.17) is 0 Å². The van der Waals surface area contributed by atoms with Gasteiger partial charge in [-0.1, -0.05) is 27.4 Å². The van der Waals surface area contributed by atoms with E-state index in [-0.39, 0.29) is 0 Å². The number of nitrogens with zero attached hydrogens (tertiary/aromatic N) is 1. The zero-order valence-electron chi connectivity index (χ0n) is 10.0. The second kappa shape index (κ2) is 3.01. The summed E-state index contributed by atoms with van der Waals surface area (Å²) in [6.07, 6.45) is 4.07. The van der Waals surface area contributed by atoms with Gasteiger partial charge in [-0.2, -0.15) is 0 Å². The molecular weight excluding hydrogens is 170 g/mol. The van der Waals surface area contributed by atoms with Crippen LogP contribution in [-0.4, -0.2) is 18.0 Å². The van der Waals surface area contributed by atoms with Crippen molar-refractivity contribution in [2.45, 2.75) is 46.1 Å². The second-order valence-corrected chi connectivity index (χ2v) is 6.18. The van der Waals surface area contributed by atoms with Crippen LogP contribution in [0.15, 0.2) is 12.3 Å². The lowest BCUT2D eigenvalue weighted by Gasteiger charge is -2.36. The van der Waals surface area contributed by atoms with Crippen LogP contribution >= 0.6 is 0 Å². The van der Waals surface area contributed by atoms with Gasteiger partial charge in [-0.05, 0) is 36.5 Å². The van der Waals surface area contributed by atoms with E-state index < -0.39 is 0 Å². The van der Waals surface area contributed by atoms with E-state index in [9.17, 15) is 0 Å². The highest BCUT2D eigenvalue weighted by atomic mass is 15.2. The topological polar surface area (TPSA) is 3.24 Å². The first-order valence-electron chi connectivity index (χ1n) is 5.82. The van der Waals surface area contributed by atoms with Crippen LogP contribution in [0.4, 0.5) is 0 Å². The smallest absolute Gasteiger partial charge is 0.0348 e. The molecule has 3 atom stereocenters. The summed E-state index contributed by atoms with van der Waals surface area (Å²) in [5.74, 6) is 1.76. The lowest BCUT2D eigenvalue weighted by atomic mass is 9.77. The summed E-state index contributed by atoms with van der Waals surface area (Å²) < 4.78 is 0. The second-order valence-electron chi connectivity index (χ2n) is 6.18. The summed E-state index contributed by atoms with van der Waals surface area (Å²) in [6, 6.07) is 0.780. The molecule has 80 valence electrons. The van der Waals surface area contributed by atoms with Crippen LogP contribution in [0.3, 0.4) is 0 Å². The van der Waals surface area contributed by atoms with E-state index >= 15 is 0 Å². The minimum atomic E-state index is 0.457. The molecule has 0 spiro atoms. The number of rotatable bonds is 0. The summed E-state index contributed by atoms with van der Waals surface area (Å²) in [4.78, 5) is 2.45. The predicted molar refractivity (Wildman–Crippen MR) is 61.0 cm³/mol. The van der Waals surface area contributed by atoms with Crippen LogP contribution < -0.4 is 0 Å². The number of hydrogen-bond acceptors (Lipinski definition) is 1. The molecule has 1 heteroatoms. The predicted octanol–water partition coefficient (Wildman–Crippen LogP) is 3.28. The Morgan fingerprint density at radius 2 is 1.93 bits per heavy atom. The highest BCUT2D eigenvalue weighted by Crippen LogP contribution is 2.50. The van der Waals surface area contributed by atoms with Crippen molar-refractivity contribution in [2.24, 2.45) is 17.3 Å². The number of hydrogen-bond donors (Lipinski definition) is 0. The van der Waals surface area contributed by atoms with Crippen molar-refractivity contribution < 1.29 is 0 Å². The van der Waals surface area contributed by atoms with Gasteiger partial charge in [-0.15, -0.1) is 0 Å². The van der Waals surface area contributed by atoms with Gasteiger partial charge in [0, 0.05) is 18.8 Å². The van der Waals surface area contributed by atoms with Crippen LogP contribution in [0, 0.1) is 17.3 Å². The number of likely N-dealkylation sites (tertiary alicyclic amines) is 1. The van der Waals surface area contributed by atoms with E-state index in [0.717, 1.165) is 17.9 Å². The summed E-state index contributed by atoms with van der Waals surface area (Å²) in [5, 5.41) is 0. The first-order valence-corrected chi connectivity index (χ1v) is 5.82. The Kier molecular flexibility index (Phi) is 2.17. The molecule has 0 bridgehead atoms. The SMILES string of the molecule is C=C1CC2CCC(C(C)(C)C)C2N1C. The Hall–Kier alpha value is -0.460. The van der Waals surface area contributed by atoms with E-state index in [1.807, 2.05) is 0 Å². The largest absolute Gasteiger partial charge is 0.375 e. The minimum absolute atomic E-state index is 0.457. The van der Waals surface area contributed by atoms with Crippen molar-refractivity contribution in [2.75, 3.05) is 7.05 Å². The maximum Gasteiger partial charge on any atom is 0.0348 e. The van der Waals surface area contributed by atoms with Crippen molar-refractivity contribution in [1.29, 1.82) is 0 Å². The Labute approximate surface area is 88.2 Å². The van der Waals surface area contributed by atoms with Crippen LogP contribution in [-0.2, 0) is 0 Å². The zero-order valence-corrected chi connectivity index (χ0v) is 10.0. The molecule has 1 aliphatic carbocycles. The van der Waals surface area contributed by atoms with Crippen molar-refractivity contribution in [1.82, 2.24) is 4.90 Å². The molecule has 2 rings (SSSR count). The van der Waals surface area contributed by atoms with Gasteiger partial charge in [-0.3, -0.25) is 0 Å². The van der Waals surface area contributed by atoms with E-state index in [2.05, 4.69) is 39.3 Å². The van der Waals surface area contributed by atoms with E-state index in [1.165, 1.54) is 25.0 Å². The molecule has 1 saturated carbocycles. The fourth-order valence-corrected chi connectivity index (χ4v) is 3.48. The molecule has 0 radical (unpaired) electrons. The molecule has 1 saturated heterocycles. The summed E-state index contributed by atoms with van der Waals surface area (Å²) >= 11 is 0. The molecule has 0 amide bonds. The van der Waals surface area contributed by atoms with Crippen LogP contribution in [0.2, 0.25) is 0 Å². The average molecular weight is 193 g/mol. The number of allylic oxidation sites excluding steroid dienone is 1. The Bertz CT molecular complexity index is 248. The third kappa shape index (κ3) is 1.37. The van der Waals surface area contributed by atoms with Gasteiger partial charge in [0.1, 0.15) is 0 Å². The minimum Gasteiger partial charge on any atom is -0.375 e. The third-order valence-electron chi connectivity index (χ3n) is 4.30. The van der Waals surface area contributed by atoms with Crippen molar-refractivity contribution >= 4 is 0 Å². The average Bonchev–Trinajstić information content (AvgIpc) is 2.54. The highest BCUT2D eigenvalue weighted by molar-refractivity contribution is 5.12. The molecule has 0 N–H and O–H groups in total. The summed E-state index contributed by atoms with van der Waals surface area (Å²) in [7, 11) is 2.23. The zero-order chi connectivity index (χ0) is 10.5. The molecule has 0 aromatic heterocycles. The summed E-state index contributed by atoms with van der Waals surface area (Å²) in [5.41, 5.74) is 1.81. The maximum atomic E-state index is 4.16. The Morgan fingerprint density at radius 3 is 2.50 bits per heavy atom. The lowest BCUT2D eigenvalue weighted by Crippen LogP contribution is -2.37. The first kappa shape index (κ1) is 10.1. The van der Waals surface area contributed by atoms with Crippen molar-refractivity contribution in [3.05, 3.63) is 12.3 Å². The quantitative estimate of drug-likeness (QED) is 0.570. The Balaban J connectivity index is 2.21. The molecule has 3 unspecified atom stereocenters.